The van der Waals surface area contributed by atoms with Gasteiger partial charge >= 0.3 is 6.18 Å². The maximum atomic E-state index is 12.9. The monoisotopic (exact) mass is 379 g/mol. The van der Waals surface area contributed by atoms with Gasteiger partial charge in [0.05, 0.1) is 9.35 Å². The van der Waals surface area contributed by atoms with Gasteiger partial charge in [0.25, 0.3) is 0 Å². The van der Waals surface area contributed by atoms with Gasteiger partial charge < -0.3 is 10.2 Å². The van der Waals surface area contributed by atoms with Crippen LogP contribution in [0.2, 0.25) is 0 Å². The molecular formula is C13H13BrF3N3S. The molecule has 3 nitrogen and oxygen atoms in total. The van der Waals surface area contributed by atoms with Crippen molar-refractivity contribution in [1.82, 2.24) is 4.98 Å². The van der Waals surface area contributed by atoms with E-state index in [4.69, 9.17) is 0 Å². The number of thiophene rings is 1. The molecule has 2 aromatic heterocycles. The molecule has 0 bridgehead atoms. The summed E-state index contributed by atoms with van der Waals surface area (Å²) in [7, 11) is 3.26. The molecule has 2 heterocycles. The standard InChI is InChI=1S/C13H13BrF3N3S/c1-18-11-4-9(13(15,16)17)5-12(19-11)20(2)6-8-3-10(14)21-7-8/h3-5,7H,6H2,1-2H3,(H,18,19). The van der Waals surface area contributed by atoms with Gasteiger partial charge in [-0.25, -0.2) is 4.98 Å². The van der Waals surface area contributed by atoms with Crippen LogP contribution in [0.3, 0.4) is 0 Å². The van der Waals surface area contributed by atoms with E-state index in [9.17, 15) is 13.2 Å². The summed E-state index contributed by atoms with van der Waals surface area (Å²) in [6.45, 7) is 0.486. The van der Waals surface area contributed by atoms with Crippen molar-refractivity contribution >= 4 is 38.9 Å². The lowest BCUT2D eigenvalue weighted by atomic mass is 10.2. The van der Waals surface area contributed by atoms with Crippen molar-refractivity contribution in [1.29, 1.82) is 0 Å². The molecule has 0 fully saturated rings. The number of rotatable bonds is 4. The van der Waals surface area contributed by atoms with Gasteiger partial charge in [0.15, 0.2) is 0 Å². The predicted molar refractivity (Wildman–Crippen MR) is 82.9 cm³/mol. The molecule has 0 radical (unpaired) electrons. The van der Waals surface area contributed by atoms with Crippen molar-refractivity contribution in [2.24, 2.45) is 0 Å². The number of hydrogen-bond acceptors (Lipinski definition) is 4. The number of hydrogen-bond donors (Lipinski definition) is 1. The first-order valence-corrected chi connectivity index (χ1v) is 7.68. The summed E-state index contributed by atoms with van der Waals surface area (Å²) in [6.07, 6.45) is -4.39. The second-order valence-corrected chi connectivity index (χ2v) is 6.75. The first-order chi connectivity index (χ1) is 9.79. The average Bonchev–Trinajstić information content (AvgIpc) is 2.82. The molecule has 0 saturated heterocycles. The van der Waals surface area contributed by atoms with Gasteiger partial charge in [0.1, 0.15) is 11.6 Å². The summed E-state index contributed by atoms with van der Waals surface area (Å²) in [4.78, 5) is 5.86. The van der Waals surface area contributed by atoms with E-state index in [-0.39, 0.29) is 11.6 Å². The van der Waals surface area contributed by atoms with E-state index in [0.29, 0.717) is 6.54 Å². The van der Waals surface area contributed by atoms with E-state index in [1.807, 2.05) is 11.4 Å². The van der Waals surface area contributed by atoms with Gasteiger partial charge in [-0.1, -0.05) is 0 Å². The average molecular weight is 380 g/mol. The second kappa shape index (κ2) is 6.23. The summed E-state index contributed by atoms with van der Waals surface area (Å²) in [5.41, 5.74) is 0.301. The Balaban J connectivity index is 2.29. The molecule has 0 saturated carbocycles. The van der Waals surface area contributed by atoms with Gasteiger partial charge in [0, 0.05) is 20.6 Å². The van der Waals surface area contributed by atoms with Crippen LogP contribution in [0, 0.1) is 0 Å². The zero-order valence-electron chi connectivity index (χ0n) is 11.3. The number of halogens is 4. The first-order valence-electron chi connectivity index (χ1n) is 6.00. The maximum Gasteiger partial charge on any atom is 0.416 e. The van der Waals surface area contributed by atoms with Crippen LogP contribution in [-0.4, -0.2) is 19.1 Å². The normalized spacial score (nSPS) is 11.5. The number of nitrogens with zero attached hydrogens (tertiary/aromatic N) is 2. The van der Waals surface area contributed by atoms with Crippen LogP contribution in [0.1, 0.15) is 11.1 Å². The molecule has 0 aliphatic carbocycles. The van der Waals surface area contributed by atoms with E-state index in [1.165, 1.54) is 11.3 Å². The SMILES string of the molecule is CNc1cc(C(F)(F)F)cc(N(C)Cc2csc(Br)c2)n1. The van der Waals surface area contributed by atoms with Gasteiger partial charge in [-0.15, -0.1) is 11.3 Å². The van der Waals surface area contributed by atoms with Crippen molar-refractivity contribution < 1.29 is 13.2 Å². The molecule has 1 N–H and O–H groups in total. The molecule has 8 heteroatoms. The molecule has 2 rings (SSSR count). The highest BCUT2D eigenvalue weighted by Gasteiger charge is 2.32. The molecule has 114 valence electrons. The van der Waals surface area contributed by atoms with Crippen LogP contribution in [0.4, 0.5) is 24.8 Å². The number of anilines is 2. The van der Waals surface area contributed by atoms with Crippen LogP contribution in [0.25, 0.3) is 0 Å². The van der Waals surface area contributed by atoms with Gasteiger partial charge in [-0.05, 0) is 45.1 Å². The Morgan fingerprint density at radius 3 is 2.57 bits per heavy atom. The fourth-order valence-electron chi connectivity index (χ4n) is 1.79. The largest absolute Gasteiger partial charge is 0.416 e. The first kappa shape index (κ1) is 16.1. The minimum absolute atomic E-state index is 0.193. The molecule has 0 unspecified atom stereocenters. The number of nitrogens with one attached hydrogen (secondary N) is 1. The van der Waals surface area contributed by atoms with Crippen molar-refractivity contribution in [3.8, 4) is 0 Å². The molecule has 21 heavy (non-hydrogen) atoms. The van der Waals surface area contributed by atoms with Crippen LogP contribution < -0.4 is 10.2 Å². The Hall–Kier alpha value is -1.28. The minimum atomic E-state index is -4.39. The number of aromatic nitrogens is 1. The van der Waals surface area contributed by atoms with Crippen LogP contribution in [0.15, 0.2) is 27.4 Å². The molecule has 2 aromatic rings. The van der Waals surface area contributed by atoms with E-state index in [2.05, 4.69) is 26.2 Å². The number of alkyl halides is 3. The zero-order chi connectivity index (χ0) is 15.6. The third-order valence-electron chi connectivity index (χ3n) is 2.83. The Kier molecular flexibility index (Phi) is 4.77. The summed E-state index contributed by atoms with van der Waals surface area (Å²) in [5, 5.41) is 4.61. The van der Waals surface area contributed by atoms with Crippen molar-refractivity contribution in [3.63, 3.8) is 0 Å². The van der Waals surface area contributed by atoms with E-state index < -0.39 is 11.7 Å². The molecule has 0 aromatic carbocycles. The summed E-state index contributed by atoms with van der Waals surface area (Å²) in [5.74, 6) is 0.467. The lowest BCUT2D eigenvalue weighted by Gasteiger charge is -2.20. The van der Waals surface area contributed by atoms with E-state index >= 15 is 0 Å². The lowest BCUT2D eigenvalue weighted by Crippen LogP contribution is -2.19. The van der Waals surface area contributed by atoms with Crippen molar-refractivity contribution in [3.05, 3.63) is 38.5 Å². The van der Waals surface area contributed by atoms with Gasteiger partial charge in [0.2, 0.25) is 0 Å². The Morgan fingerprint density at radius 1 is 1.33 bits per heavy atom. The maximum absolute atomic E-state index is 12.9. The van der Waals surface area contributed by atoms with Crippen LogP contribution in [-0.2, 0) is 12.7 Å². The highest BCUT2D eigenvalue weighted by atomic mass is 79.9. The molecule has 0 atom stereocenters. The van der Waals surface area contributed by atoms with E-state index in [0.717, 1.165) is 21.5 Å². The van der Waals surface area contributed by atoms with Crippen LogP contribution in [0.5, 0.6) is 0 Å². The summed E-state index contributed by atoms with van der Waals surface area (Å²) < 4.78 is 39.7. The zero-order valence-corrected chi connectivity index (χ0v) is 13.7. The third-order valence-corrected chi connectivity index (χ3v) is 4.38. The minimum Gasteiger partial charge on any atom is -0.373 e. The fourth-order valence-corrected chi connectivity index (χ4v) is 2.99. The highest BCUT2D eigenvalue weighted by molar-refractivity contribution is 9.11. The van der Waals surface area contributed by atoms with Crippen molar-refractivity contribution in [2.45, 2.75) is 12.7 Å². The molecule has 0 aliphatic heterocycles. The number of pyridine rings is 1. The Bertz CT molecular complexity index is 627. The summed E-state index contributed by atoms with van der Waals surface area (Å²) in [6, 6.07) is 3.99. The van der Waals surface area contributed by atoms with E-state index in [1.54, 1.807) is 19.0 Å². The predicted octanol–water partition coefficient (Wildman–Crippen LogP) is 4.60. The summed E-state index contributed by atoms with van der Waals surface area (Å²) >= 11 is 4.90. The van der Waals surface area contributed by atoms with Gasteiger partial charge in [-0.3, -0.25) is 0 Å². The fraction of sp³-hybridized carbons (Fsp3) is 0.308. The Labute approximate surface area is 132 Å². The quantitative estimate of drug-likeness (QED) is 0.840. The van der Waals surface area contributed by atoms with Crippen LogP contribution >= 0.6 is 27.3 Å². The topological polar surface area (TPSA) is 28.2 Å². The lowest BCUT2D eigenvalue weighted by molar-refractivity contribution is -0.137. The highest BCUT2D eigenvalue weighted by Crippen LogP contribution is 2.33. The third kappa shape index (κ3) is 4.10. The van der Waals surface area contributed by atoms with Crippen molar-refractivity contribution in [2.75, 3.05) is 24.3 Å². The molecule has 0 aliphatic rings. The Morgan fingerprint density at radius 2 is 2.05 bits per heavy atom. The molecule has 0 spiro atoms. The molecule has 0 amide bonds. The smallest absolute Gasteiger partial charge is 0.373 e. The second-order valence-electron chi connectivity index (χ2n) is 4.46. The molecular weight excluding hydrogens is 367 g/mol. The van der Waals surface area contributed by atoms with Gasteiger partial charge in [-0.2, -0.15) is 13.2 Å².